The maximum absolute atomic E-state index is 11.6. The summed E-state index contributed by atoms with van der Waals surface area (Å²) in [5, 5.41) is 19.4. The van der Waals surface area contributed by atoms with Gasteiger partial charge >= 0.3 is 11.6 Å². The van der Waals surface area contributed by atoms with Gasteiger partial charge in [0.15, 0.2) is 0 Å². The Morgan fingerprint density at radius 1 is 1.38 bits per heavy atom. The van der Waals surface area contributed by atoms with Crippen molar-refractivity contribution in [1.82, 2.24) is 9.97 Å². The van der Waals surface area contributed by atoms with E-state index in [9.17, 15) is 18.5 Å². The molecule has 2 N–H and O–H groups in total. The third-order valence-electron chi connectivity index (χ3n) is 2.90. The molecule has 0 fully saturated rings. The van der Waals surface area contributed by atoms with Crippen LogP contribution in [0.15, 0.2) is 23.4 Å². The minimum absolute atomic E-state index is 0.106. The number of nitrogens with two attached hydrogens (primary N) is 1. The topological polar surface area (TPSA) is 162 Å². The molecule has 10 nitrogen and oxygen atoms in total. The number of benzene rings is 1. The van der Waals surface area contributed by atoms with Gasteiger partial charge in [-0.25, -0.2) is 8.42 Å². The Bertz CT molecular complexity index is 981. The lowest BCUT2D eigenvalue weighted by Gasteiger charge is -2.10. The number of nitriles is 1. The average molecular weight is 349 g/mol. The first-order valence-electron chi connectivity index (χ1n) is 6.34. The van der Waals surface area contributed by atoms with Crippen molar-refractivity contribution >= 4 is 21.3 Å². The molecule has 124 valence electrons. The fraction of sp³-hybridized carbons (Fsp3) is 0.154. The number of aromatic nitrogens is 2. The van der Waals surface area contributed by atoms with Crippen molar-refractivity contribution in [1.29, 1.82) is 5.26 Å². The number of hydrogen-bond donors (Lipinski definition) is 1. The van der Waals surface area contributed by atoms with Crippen molar-refractivity contribution in [3.8, 4) is 17.7 Å². The lowest BCUT2D eigenvalue weighted by molar-refractivity contribution is -0.385. The monoisotopic (exact) mass is 349 g/mol. The van der Waals surface area contributed by atoms with Crippen LogP contribution in [-0.4, -0.2) is 29.6 Å². The van der Waals surface area contributed by atoms with Gasteiger partial charge in [0.1, 0.15) is 5.75 Å². The zero-order chi connectivity index (χ0) is 18.1. The van der Waals surface area contributed by atoms with E-state index in [1.165, 1.54) is 12.1 Å². The van der Waals surface area contributed by atoms with Crippen LogP contribution in [0.2, 0.25) is 0 Å². The average Bonchev–Trinajstić information content (AvgIpc) is 2.47. The van der Waals surface area contributed by atoms with Crippen molar-refractivity contribution in [3.05, 3.63) is 39.4 Å². The minimum Gasteiger partial charge on any atom is -0.433 e. The van der Waals surface area contributed by atoms with Crippen LogP contribution in [0.1, 0.15) is 11.1 Å². The molecule has 0 saturated heterocycles. The normalized spacial score (nSPS) is 10.9. The van der Waals surface area contributed by atoms with Gasteiger partial charge in [-0.1, -0.05) is 6.07 Å². The summed E-state index contributed by atoms with van der Waals surface area (Å²) in [6, 6.07) is 6.35. The predicted molar refractivity (Wildman–Crippen MR) is 82.2 cm³/mol. The summed E-state index contributed by atoms with van der Waals surface area (Å²) >= 11 is 0. The van der Waals surface area contributed by atoms with Crippen molar-refractivity contribution in [2.24, 2.45) is 0 Å². The Balaban J connectivity index is 2.67. The van der Waals surface area contributed by atoms with Crippen molar-refractivity contribution in [2.45, 2.75) is 12.1 Å². The van der Waals surface area contributed by atoms with Crippen LogP contribution in [0.5, 0.6) is 11.6 Å². The van der Waals surface area contributed by atoms with E-state index in [2.05, 4.69) is 9.97 Å². The van der Waals surface area contributed by atoms with E-state index in [0.717, 1.165) is 6.26 Å². The number of ether oxygens (including phenoxy) is 1. The molecule has 11 heteroatoms. The van der Waals surface area contributed by atoms with E-state index < -0.39 is 37.3 Å². The smallest absolute Gasteiger partial charge is 0.373 e. The van der Waals surface area contributed by atoms with E-state index >= 15 is 0 Å². The number of anilines is 1. The molecular formula is C13H11N5O5S. The van der Waals surface area contributed by atoms with E-state index in [1.807, 2.05) is 6.07 Å². The lowest BCUT2D eigenvalue weighted by atomic mass is 10.1. The van der Waals surface area contributed by atoms with Gasteiger partial charge in [-0.3, -0.25) is 10.1 Å². The van der Waals surface area contributed by atoms with Gasteiger partial charge < -0.3 is 10.5 Å². The van der Waals surface area contributed by atoms with Crippen molar-refractivity contribution in [3.63, 3.8) is 0 Å². The zero-order valence-electron chi connectivity index (χ0n) is 12.5. The molecule has 0 aliphatic carbocycles. The van der Waals surface area contributed by atoms with Crippen LogP contribution in [0.25, 0.3) is 0 Å². The summed E-state index contributed by atoms with van der Waals surface area (Å²) in [7, 11) is -3.86. The van der Waals surface area contributed by atoms with Crippen LogP contribution in [0.3, 0.4) is 0 Å². The minimum atomic E-state index is -3.86. The first kappa shape index (κ1) is 17.1. The van der Waals surface area contributed by atoms with E-state index in [1.54, 1.807) is 13.0 Å². The molecule has 0 radical (unpaired) electrons. The van der Waals surface area contributed by atoms with Gasteiger partial charge in [0, 0.05) is 6.26 Å². The largest absolute Gasteiger partial charge is 0.433 e. The lowest BCUT2D eigenvalue weighted by Crippen LogP contribution is -2.10. The molecule has 24 heavy (non-hydrogen) atoms. The fourth-order valence-corrected chi connectivity index (χ4v) is 2.24. The second-order valence-electron chi connectivity index (χ2n) is 4.77. The van der Waals surface area contributed by atoms with Crippen LogP contribution in [-0.2, 0) is 9.84 Å². The van der Waals surface area contributed by atoms with Crippen LogP contribution in [0, 0.1) is 28.4 Å². The Hall–Kier alpha value is -3.26. The predicted octanol–water partition coefficient (Wildman–Crippen LogP) is 1.34. The first-order chi connectivity index (χ1) is 11.1. The second-order valence-corrected chi connectivity index (χ2v) is 6.68. The SMILES string of the molecule is Cc1ccc(C#N)cc1Oc1nc(S(C)(=O)=O)nc(N)c1[N+](=O)[O-]. The molecule has 0 unspecified atom stereocenters. The van der Waals surface area contributed by atoms with Crippen molar-refractivity contribution < 1.29 is 18.1 Å². The standard InChI is InChI=1S/C13H11N5O5S/c1-7-3-4-8(6-14)5-9(7)23-12-10(18(19)20)11(15)16-13(17-12)24(2,21)22/h3-5H,1-2H3,(H2,15,16,17). The third kappa shape index (κ3) is 3.39. The summed E-state index contributed by atoms with van der Waals surface area (Å²) in [4.78, 5) is 17.3. The molecule has 0 aliphatic rings. The Labute approximate surface area is 136 Å². The summed E-state index contributed by atoms with van der Waals surface area (Å²) in [6.45, 7) is 1.64. The Morgan fingerprint density at radius 2 is 2.04 bits per heavy atom. The second kappa shape index (κ2) is 6.09. The third-order valence-corrected chi connectivity index (χ3v) is 3.74. The van der Waals surface area contributed by atoms with Gasteiger partial charge in [0.05, 0.1) is 16.6 Å². The molecule has 2 rings (SSSR count). The number of sulfone groups is 1. The number of aryl methyl sites for hydroxylation is 1. The molecule has 0 atom stereocenters. The maximum Gasteiger partial charge on any atom is 0.373 e. The quantitative estimate of drug-likeness (QED) is 0.487. The number of nitro groups is 1. The van der Waals surface area contributed by atoms with Gasteiger partial charge in [-0.2, -0.15) is 15.2 Å². The van der Waals surface area contributed by atoms with Gasteiger partial charge in [0.25, 0.3) is 5.16 Å². The molecule has 0 aliphatic heterocycles. The summed E-state index contributed by atoms with van der Waals surface area (Å²) in [5.74, 6) is -1.15. The molecule has 0 amide bonds. The summed E-state index contributed by atoms with van der Waals surface area (Å²) in [6.07, 6.45) is 0.832. The van der Waals surface area contributed by atoms with E-state index in [0.29, 0.717) is 5.56 Å². The highest BCUT2D eigenvalue weighted by atomic mass is 32.2. The Kier molecular flexibility index (Phi) is 4.34. The molecule has 1 aromatic carbocycles. The number of hydrogen-bond acceptors (Lipinski definition) is 9. The van der Waals surface area contributed by atoms with Gasteiger partial charge in [-0.05, 0) is 24.6 Å². The summed E-state index contributed by atoms with van der Waals surface area (Å²) in [5.41, 5.74) is 5.53. The van der Waals surface area contributed by atoms with Crippen molar-refractivity contribution in [2.75, 3.05) is 12.0 Å². The van der Waals surface area contributed by atoms with Crippen LogP contribution in [0.4, 0.5) is 11.5 Å². The number of rotatable bonds is 4. The molecular weight excluding hydrogens is 338 g/mol. The first-order valence-corrected chi connectivity index (χ1v) is 8.23. The highest BCUT2D eigenvalue weighted by Gasteiger charge is 2.28. The molecule has 0 bridgehead atoms. The number of nitrogens with zero attached hydrogens (tertiary/aromatic N) is 4. The molecule has 0 saturated carbocycles. The fourth-order valence-electron chi connectivity index (χ4n) is 1.72. The highest BCUT2D eigenvalue weighted by molar-refractivity contribution is 7.90. The highest BCUT2D eigenvalue weighted by Crippen LogP contribution is 2.35. The maximum atomic E-state index is 11.6. The van der Waals surface area contributed by atoms with Crippen LogP contribution >= 0.6 is 0 Å². The van der Waals surface area contributed by atoms with Gasteiger partial charge in [0.2, 0.25) is 15.7 Å². The zero-order valence-corrected chi connectivity index (χ0v) is 13.4. The van der Waals surface area contributed by atoms with Crippen LogP contribution < -0.4 is 10.5 Å². The molecule has 0 spiro atoms. The molecule has 1 heterocycles. The Morgan fingerprint density at radius 3 is 2.58 bits per heavy atom. The molecule has 2 aromatic rings. The van der Waals surface area contributed by atoms with E-state index in [-0.39, 0.29) is 11.3 Å². The van der Waals surface area contributed by atoms with E-state index in [4.69, 9.17) is 15.7 Å². The number of nitrogen functional groups attached to an aromatic ring is 1. The van der Waals surface area contributed by atoms with Gasteiger partial charge in [-0.15, -0.1) is 0 Å². The molecule has 1 aromatic heterocycles. The summed E-state index contributed by atoms with van der Waals surface area (Å²) < 4.78 is 28.6.